The second kappa shape index (κ2) is 8.29. The zero-order valence-electron chi connectivity index (χ0n) is 12.9. The molecule has 0 aromatic heterocycles. The normalized spacial score (nSPS) is 10.9. The maximum Gasteiger partial charge on any atom is 0.387 e. The molecule has 0 fully saturated rings. The van der Waals surface area contributed by atoms with Gasteiger partial charge in [0, 0.05) is 0 Å². The zero-order valence-corrected chi connectivity index (χ0v) is 13.6. The van der Waals surface area contributed by atoms with Gasteiger partial charge in [-0.15, -0.1) is 0 Å². The fourth-order valence-corrected chi connectivity index (χ4v) is 2.04. The topological polar surface area (TPSA) is 80.2 Å². The van der Waals surface area contributed by atoms with E-state index in [0.717, 1.165) is 0 Å². The van der Waals surface area contributed by atoms with Gasteiger partial charge in [0.25, 0.3) is 0 Å². The van der Waals surface area contributed by atoms with Gasteiger partial charge in [-0.25, -0.2) is 4.79 Å². The standard InChI is InChI=1S/C16H13ClF2N2O4/c1-24-14-6-9(2-5-13(14)25-16(18)19)8-20-21-12-7-10(15(22)23)3-4-11(12)17/h2-8,16,21H,1H3,(H,22,23)/b20-8-. The summed E-state index contributed by atoms with van der Waals surface area (Å²) in [6, 6.07) is 8.42. The maximum atomic E-state index is 12.3. The molecule has 25 heavy (non-hydrogen) atoms. The number of hydrogen-bond acceptors (Lipinski definition) is 5. The Balaban J connectivity index is 2.14. The van der Waals surface area contributed by atoms with Crippen molar-refractivity contribution < 1.29 is 28.2 Å². The Labute approximate surface area is 146 Å². The van der Waals surface area contributed by atoms with Gasteiger partial charge in [0.1, 0.15) is 0 Å². The molecule has 2 aromatic carbocycles. The summed E-state index contributed by atoms with van der Waals surface area (Å²) in [5.41, 5.74) is 3.52. The van der Waals surface area contributed by atoms with Crippen molar-refractivity contribution >= 4 is 29.5 Å². The summed E-state index contributed by atoms with van der Waals surface area (Å²) >= 11 is 5.96. The highest BCUT2D eigenvalue weighted by Crippen LogP contribution is 2.29. The van der Waals surface area contributed by atoms with Gasteiger partial charge in [-0.2, -0.15) is 13.9 Å². The summed E-state index contributed by atoms with van der Waals surface area (Å²) in [7, 11) is 1.32. The van der Waals surface area contributed by atoms with Crippen LogP contribution in [0, 0.1) is 0 Å². The number of carboxylic acids is 1. The van der Waals surface area contributed by atoms with E-state index in [0.29, 0.717) is 16.3 Å². The molecule has 132 valence electrons. The SMILES string of the molecule is COc1cc(/C=N\Nc2cc(C(=O)O)ccc2Cl)ccc1OC(F)F. The van der Waals surface area contributed by atoms with Crippen LogP contribution in [0.2, 0.25) is 5.02 Å². The van der Waals surface area contributed by atoms with Crippen molar-refractivity contribution in [3.8, 4) is 11.5 Å². The predicted octanol–water partition coefficient (Wildman–Crippen LogP) is 4.09. The molecule has 0 radical (unpaired) electrons. The summed E-state index contributed by atoms with van der Waals surface area (Å²) in [5.74, 6) is -1.07. The molecule has 0 aliphatic rings. The van der Waals surface area contributed by atoms with Gasteiger partial charge in [0.2, 0.25) is 0 Å². The van der Waals surface area contributed by atoms with Crippen LogP contribution >= 0.6 is 11.6 Å². The van der Waals surface area contributed by atoms with Gasteiger partial charge in [-0.3, -0.25) is 5.43 Å². The molecule has 9 heteroatoms. The first-order valence-electron chi connectivity index (χ1n) is 6.85. The van der Waals surface area contributed by atoms with Crippen molar-refractivity contribution in [1.82, 2.24) is 0 Å². The largest absolute Gasteiger partial charge is 0.493 e. The van der Waals surface area contributed by atoms with E-state index < -0.39 is 12.6 Å². The summed E-state index contributed by atoms with van der Waals surface area (Å²) < 4.78 is 33.9. The summed E-state index contributed by atoms with van der Waals surface area (Å²) in [5, 5.41) is 13.2. The fourth-order valence-electron chi connectivity index (χ4n) is 1.88. The Morgan fingerprint density at radius 2 is 2.04 bits per heavy atom. The van der Waals surface area contributed by atoms with Gasteiger partial charge in [0.05, 0.1) is 29.6 Å². The molecule has 6 nitrogen and oxygen atoms in total. The lowest BCUT2D eigenvalue weighted by atomic mass is 10.2. The number of benzene rings is 2. The first-order chi connectivity index (χ1) is 11.9. The third kappa shape index (κ3) is 5.05. The zero-order chi connectivity index (χ0) is 18.4. The second-order valence-corrected chi connectivity index (χ2v) is 5.07. The molecule has 0 saturated carbocycles. The monoisotopic (exact) mass is 370 g/mol. The van der Waals surface area contributed by atoms with Crippen LogP contribution in [-0.2, 0) is 0 Å². The highest BCUT2D eigenvalue weighted by Gasteiger charge is 2.10. The first-order valence-corrected chi connectivity index (χ1v) is 7.23. The molecule has 0 unspecified atom stereocenters. The van der Waals surface area contributed by atoms with Gasteiger partial charge in [0.15, 0.2) is 11.5 Å². The van der Waals surface area contributed by atoms with Crippen LogP contribution in [0.1, 0.15) is 15.9 Å². The first kappa shape index (κ1) is 18.5. The Morgan fingerprint density at radius 1 is 1.28 bits per heavy atom. The minimum absolute atomic E-state index is 0.0530. The van der Waals surface area contributed by atoms with E-state index >= 15 is 0 Å². The molecule has 0 saturated heterocycles. The lowest BCUT2D eigenvalue weighted by Gasteiger charge is -2.10. The Kier molecular flexibility index (Phi) is 6.13. The highest BCUT2D eigenvalue weighted by atomic mass is 35.5. The molecule has 0 spiro atoms. The van der Waals surface area contributed by atoms with E-state index in [1.54, 1.807) is 0 Å². The molecule has 0 aliphatic heterocycles. The number of ether oxygens (including phenoxy) is 2. The Bertz CT molecular complexity index is 800. The summed E-state index contributed by atoms with van der Waals surface area (Å²) in [6.45, 7) is -2.96. The molecule has 2 rings (SSSR count). The molecule has 0 bridgehead atoms. The number of carboxylic acid groups (broad SMARTS) is 1. The molecular formula is C16H13ClF2N2O4. The quantitative estimate of drug-likeness (QED) is 0.566. The van der Waals surface area contributed by atoms with Gasteiger partial charge >= 0.3 is 12.6 Å². The minimum atomic E-state index is -2.96. The molecule has 2 aromatic rings. The number of hydrogen-bond donors (Lipinski definition) is 2. The number of aromatic carboxylic acids is 1. The second-order valence-electron chi connectivity index (χ2n) is 4.66. The number of alkyl halides is 2. The van der Waals surface area contributed by atoms with E-state index in [4.69, 9.17) is 21.4 Å². The third-order valence-corrected chi connectivity index (χ3v) is 3.35. The average Bonchev–Trinajstić information content (AvgIpc) is 2.57. The molecule has 0 amide bonds. The lowest BCUT2D eigenvalue weighted by Crippen LogP contribution is -2.04. The van der Waals surface area contributed by atoms with Crippen LogP contribution in [-0.4, -0.2) is 31.0 Å². The molecular weight excluding hydrogens is 358 g/mol. The van der Waals surface area contributed by atoms with Crippen molar-refractivity contribution in [3.63, 3.8) is 0 Å². The number of nitrogens with zero attached hydrogens (tertiary/aromatic N) is 1. The number of rotatable bonds is 7. The number of anilines is 1. The number of hydrazone groups is 1. The average molecular weight is 371 g/mol. The van der Waals surface area contributed by atoms with Crippen LogP contribution < -0.4 is 14.9 Å². The molecule has 0 aliphatic carbocycles. The fraction of sp³-hybridized carbons (Fsp3) is 0.125. The number of methoxy groups -OCH3 is 1. The van der Waals surface area contributed by atoms with E-state index in [9.17, 15) is 13.6 Å². The van der Waals surface area contributed by atoms with Crippen LogP contribution in [0.15, 0.2) is 41.5 Å². The smallest absolute Gasteiger partial charge is 0.387 e. The van der Waals surface area contributed by atoms with Crippen molar-refractivity contribution in [2.75, 3.05) is 12.5 Å². The van der Waals surface area contributed by atoms with Crippen LogP contribution in [0.5, 0.6) is 11.5 Å². The van der Waals surface area contributed by atoms with Gasteiger partial charge in [-0.05, 0) is 42.0 Å². The van der Waals surface area contributed by atoms with Crippen LogP contribution in [0.25, 0.3) is 0 Å². The molecule has 0 heterocycles. The van der Waals surface area contributed by atoms with E-state index in [2.05, 4.69) is 15.3 Å². The van der Waals surface area contributed by atoms with Crippen molar-refractivity contribution in [1.29, 1.82) is 0 Å². The maximum absolute atomic E-state index is 12.3. The Hall–Kier alpha value is -2.87. The van der Waals surface area contributed by atoms with E-state index in [1.807, 2.05) is 0 Å². The van der Waals surface area contributed by atoms with Gasteiger partial charge in [-0.1, -0.05) is 11.6 Å². The van der Waals surface area contributed by atoms with E-state index in [-0.39, 0.29) is 17.1 Å². The number of halogens is 3. The predicted molar refractivity (Wildman–Crippen MR) is 89.3 cm³/mol. The van der Waals surface area contributed by atoms with Crippen molar-refractivity contribution in [2.45, 2.75) is 6.61 Å². The van der Waals surface area contributed by atoms with E-state index in [1.165, 1.54) is 49.7 Å². The summed E-state index contributed by atoms with van der Waals surface area (Å²) in [6.07, 6.45) is 1.39. The Morgan fingerprint density at radius 3 is 2.68 bits per heavy atom. The highest BCUT2D eigenvalue weighted by molar-refractivity contribution is 6.33. The minimum Gasteiger partial charge on any atom is -0.493 e. The van der Waals surface area contributed by atoms with Gasteiger partial charge < -0.3 is 14.6 Å². The van der Waals surface area contributed by atoms with Crippen LogP contribution in [0.4, 0.5) is 14.5 Å². The number of nitrogens with one attached hydrogen (secondary N) is 1. The van der Waals surface area contributed by atoms with Crippen molar-refractivity contribution in [2.24, 2.45) is 5.10 Å². The number of carbonyl (C=O) groups is 1. The third-order valence-electron chi connectivity index (χ3n) is 3.02. The molecule has 2 N–H and O–H groups in total. The van der Waals surface area contributed by atoms with Crippen molar-refractivity contribution in [3.05, 3.63) is 52.5 Å². The lowest BCUT2D eigenvalue weighted by molar-refractivity contribution is -0.0512. The summed E-state index contributed by atoms with van der Waals surface area (Å²) in [4.78, 5) is 11.0. The molecule has 0 atom stereocenters. The van der Waals surface area contributed by atoms with Crippen LogP contribution in [0.3, 0.4) is 0 Å².